The van der Waals surface area contributed by atoms with Gasteiger partial charge < -0.3 is 14.8 Å². The Morgan fingerprint density at radius 3 is 2.61 bits per heavy atom. The van der Waals surface area contributed by atoms with Crippen LogP contribution in [-0.2, 0) is 19.6 Å². The number of hydrogen-bond donors (Lipinski definition) is 1. The van der Waals surface area contributed by atoms with E-state index in [-0.39, 0.29) is 50.9 Å². The molecule has 0 aliphatic carbocycles. The van der Waals surface area contributed by atoms with Crippen LogP contribution in [0.1, 0.15) is 12.8 Å². The van der Waals surface area contributed by atoms with Gasteiger partial charge in [0.15, 0.2) is 0 Å². The maximum absolute atomic E-state index is 14.2. The predicted molar refractivity (Wildman–Crippen MR) is 116 cm³/mol. The van der Waals surface area contributed by atoms with Crippen LogP contribution in [0.2, 0.25) is 10.0 Å². The molecule has 0 aromatic heterocycles. The molecule has 1 saturated heterocycles. The number of anilines is 1. The fourth-order valence-electron chi connectivity index (χ4n) is 2.94. The van der Waals surface area contributed by atoms with E-state index in [0.717, 1.165) is 12.1 Å². The van der Waals surface area contributed by atoms with Crippen molar-refractivity contribution in [3.8, 4) is 5.75 Å². The molecule has 0 unspecified atom stereocenters. The topological polar surface area (TPSA) is 84.9 Å². The molecule has 168 valence electrons. The molecule has 3 rings (SSSR count). The average molecular weight is 491 g/mol. The molecular weight excluding hydrogens is 470 g/mol. The number of nitrogens with zero attached hydrogens (tertiary/aromatic N) is 1. The molecule has 2 aromatic carbocycles. The molecule has 0 saturated carbocycles. The number of benzene rings is 2. The van der Waals surface area contributed by atoms with E-state index in [9.17, 15) is 17.6 Å². The number of ether oxygens (including phenoxy) is 2. The van der Waals surface area contributed by atoms with Crippen LogP contribution in [0.4, 0.5) is 10.1 Å². The van der Waals surface area contributed by atoms with Crippen molar-refractivity contribution >= 4 is 44.8 Å². The van der Waals surface area contributed by atoms with Gasteiger partial charge >= 0.3 is 0 Å². The van der Waals surface area contributed by atoms with Crippen LogP contribution in [0.5, 0.6) is 5.75 Å². The highest BCUT2D eigenvalue weighted by Crippen LogP contribution is 2.28. The number of rotatable bonds is 8. The Kier molecular flexibility index (Phi) is 8.12. The number of sulfonamides is 1. The highest BCUT2D eigenvalue weighted by molar-refractivity contribution is 7.89. The van der Waals surface area contributed by atoms with Crippen molar-refractivity contribution < 1.29 is 27.1 Å². The third kappa shape index (κ3) is 6.30. The first-order chi connectivity index (χ1) is 14.8. The molecule has 1 amide bonds. The molecule has 1 aliphatic rings. The number of morpholine rings is 1. The van der Waals surface area contributed by atoms with E-state index in [1.807, 2.05) is 0 Å². The summed E-state index contributed by atoms with van der Waals surface area (Å²) in [7, 11) is -4.02. The zero-order valence-electron chi connectivity index (χ0n) is 16.4. The Balaban J connectivity index is 1.56. The second kappa shape index (κ2) is 10.6. The van der Waals surface area contributed by atoms with Gasteiger partial charge in [0.1, 0.15) is 16.5 Å². The molecule has 1 fully saturated rings. The van der Waals surface area contributed by atoms with Crippen LogP contribution in [0.3, 0.4) is 0 Å². The van der Waals surface area contributed by atoms with Gasteiger partial charge in [-0.3, -0.25) is 4.79 Å². The first kappa shape index (κ1) is 23.7. The normalized spacial score (nSPS) is 14.9. The monoisotopic (exact) mass is 490 g/mol. The second-order valence-corrected chi connectivity index (χ2v) is 9.49. The average Bonchev–Trinajstić information content (AvgIpc) is 2.74. The lowest BCUT2D eigenvalue weighted by molar-refractivity contribution is -0.116. The summed E-state index contributed by atoms with van der Waals surface area (Å²) in [6.45, 7) is 1.04. The highest BCUT2D eigenvalue weighted by Gasteiger charge is 2.29. The van der Waals surface area contributed by atoms with E-state index in [4.69, 9.17) is 32.7 Å². The number of nitrogens with one attached hydrogen (secondary N) is 1. The van der Waals surface area contributed by atoms with Crippen LogP contribution >= 0.6 is 23.2 Å². The van der Waals surface area contributed by atoms with Crippen molar-refractivity contribution in [1.82, 2.24) is 4.31 Å². The number of carbonyl (C=O) groups is 1. The van der Waals surface area contributed by atoms with Gasteiger partial charge in [-0.1, -0.05) is 23.2 Å². The van der Waals surface area contributed by atoms with Gasteiger partial charge in [0, 0.05) is 30.2 Å². The number of amides is 1. The van der Waals surface area contributed by atoms with Crippen molar-refractivity contribution in [2.75, 3.05) is 38.2 Å². The zero-order valence-corrected chi connectivity index (χ0v) is 18.8. The Hall–Kier alpha value is -1.91. The molecule has 0 atom stereocenters. The van der Waals surface area contributed by atoms with Crippen molar-refractivity contribution in [2.24, 2.45) is 0 Å². The van der Waals surface area contributed by atoms with Gasteiger partial charge in [0.05, 0.1) is 24.8 Å². The molecule has 0 radical (unpaired) electrons. The van der Waals surface area contributed by atoms with Crippen LogP contribution in [0.15, 0.2) is 41.3 Å². The van der Waals surface area contributed by atoms with E-state index < -0.39 is 20.7 Å². The summed E-state index contributed by atoms with van der Waals surface area (Å²) in [5.74, 6) is -0.771. The fourth-order valence-corrected chi connectivity index (χ4v) is 4.90. The minimum atomic E-state index is -4.02. The van der Waals surface area contributed by atoms with E-state index in [2.05, 4.69) is 5.32 Å². The van der Waals surface area contributed by atoms with E-state index >= 15 is 0 Å². The maximum atomic E-state index is 14.2. The zero-order chi connectivity index (χ0) is 22.4. The molecule has 1 N–H and O–H groups in total. The quantitative estimate of drug-likeness (QED) is 0.566. The van der Waals surface area contributed by atoms with Gasteiger partial charge in [-0.15, -0.1) is 0 Å². The lowest BCUT2D eigenvalue weighted by Gasteiger charge is -2.26. The fraction of sp³-hybridized carbons (Fsp3) is 0.350. The van der Waals surface area contributed by atoms with Gasteiger partial charge in [-0.25, -0.2) is 12.8 Å². The molecule has 1 heterocycles. The van der Waals surface area contributed by atoms with Crippen LogP contribution in [0, 0.1) is 5.82 Å². The third-order valence-corrected chi connectivity index (χ3v) is 6.95. The minimum Gasteiger partial charge on any atom is -0.492 e. The number of halogens is 3. The highest BCUT2D eigenvalue weighted by atomic mass is 35.5. The smallest absolute Gasteiger partial charge is 0.246 e. The third-order valence-electron chi connectivity index (χ3n) is 4.50. The molecule has 11 heteroatoms. The SMILES string of the molecule is O=C(CCCOc1ccc(Cl)cc1Cl)Nc1ccc(F)c(S(=O)(=O)N2CCOCC2)c1. The van der Waals surface area contributed by atoms with Crippen LogP contribution < -0.4 is 10.1 Å². The van der Waals surface area contributed by atoms with Crippen LogP contribution in [-0.4, -0.2) is 51.5 Å². The van der Waals surface area contributed by atoms with Crippen molar-refractivity contribution in [3.63, 3.8) is 0 Å². The summed E-state index contributed by atoms with van der Waals surface area (Å²) < 4.78 is 51.5. The van der Waals surface area contributed by atoms with Crippen LogP contribution in [0.25, 0.3) is 0 Å². The molecule has 2 aromatic rings. The molecule has 0 bridgehead atoms. The Bertz CT molecular complexity index is 1050. The first-order valence-corrected chi connectivity index (χ1v) is 11.7. The number of carbonyl (C=O) groups excluding carboxylic acids is 1. The van der Waals surface area contributed by atoms with Crippen molar-refractivity contribution in [2.45, 2.75) is 17.7 Å². The molecule has 31 heavy (non-hydrogen) atoms. The Morgan fingerprint density at radius 1 is 1.16 bits per heavy atom. The summed E-state index contributed by atoms with van der Waals surface area (Å²) >= 11 is 11.8. The van der Waals surface area contributed by atoms with E-state index in [0.29, 0.717) is 22.2 Å². The van der Waals surface area contributed by atoms with Gasteiger partial charge in [0.2, 0.25) is 15.9 Å². The van der Waals surface area contributed by atoms with Crippen molar-refractivity contribution in [1.29, 1.82) is 0 Å². The predicted octanol–water partition coefficient (Wildman–Crippen LogP) is 3.95. The number of hydrogen-bond acceptors (Lipinski definition) is 5. The largest absolute Gasteiger partial charge is 0.492 e. The summed E-state index contributed by atoms with van der Waals surface area (Å²) in [5.41, 5.74) is 0.194. The second-order valence-electron chi connectivity index (χ2n) is 6.74. The van der Waals surface area contributed by atoms with E-state index in [1.54, 1.807) is 18.2 Å². The molecule has 1 aliphatic heterocycles. The van der Waals surface area contributed by atoms with Gasteiger partial charge in [0.25, 0.3) is 0 Å². The maximum Gasteiger partial charge on any atom is 0.246 e. The lowest BCUT2D eigenvalue weighted by Crippen LogP contribution is -2.40. The molecule has 0 spiro atoms. The minimum absolute atomic E-state index is 0.119. The summed E-state index contributed by atoms with van der Waals surface area (Å²) in [5, 5.41) is 3.45. The van der Waals surface area contributed by atoms with Gasteiger partial charge in [-0.05, 0) is 42.8 Å². The summed E-state index contributed by atoms with van der Waals surface area (Å²) in [4.78, 5) is 11.7. The standard InChI is InChI=1S/C20H21Cl2FN2O5S/c21-14-3-6-18(16(22)12-14)30-9-1-2-20(26)24-15-4-5-17(23)19(13-15)31(27,28)25-7-10-29-11-8-25/h3-6,12-13H,1-2,7-11H2,(H,24,26). The molecular formula is C20H21Cl2FN2O5S. The lowest BCUT2D eigenvalue weighted by atomic mass is 10.2. The van der Waals surface area contributed by atoms with Gasteiger partial charge in [-0.2, -0.15) is 4.31 Å². The first-order valence-electron chi connectivity index (χ1n) is 9.52. The van der Waals surface area contributed by atoms with Crippen molar-refractivity contribution in [3.05, 3.63) is 52.3 Å². The summed E-state index contributed by atoms with van der Waals surface area (Å²) in [6.07, 6.45) is 0.513. The Morgan fingerprint density at radius 2 is 1.90 bits per heavy atom. The summed E-state index contributed by atoms with van der Waals surface area (Å²) in [6, 6.07) is 8.31. The Labute approximate surface area is 190 Å². The van der Waals surface area contributed by atoms with E-state index in [1.165, 1.54) is 10.4 Å². The molecule has 7 nitrogen and oxygen atoms in total.